The van der Waals surface area contributed by atoms with Crippen LogP contribution in [-0.4, -0.2) is 48.3 Å². The van der Waals surface area contributed by atoms with Crippen LogP contribution in [0, 0.1) is 11.3 Å². The summed E-state index contributed by atoms with van der Waals surface area (Å²) in [5.74, 6) is -5.01. The molecule has 8 heteroatoms. The molecule has 4 aliphatic carbocycles. The second-order valence-corrected chi connectivity index (χ2v) is 13.2. The first kappa shape index (κ1) is 32.8. The lowest BCUT2D eigenvalue weighted by Crippen LogP contribution is -2.58. The SMILES string of the molecule is CCCCC(C(=O)OC1CCCCC1)C(C(=O)OC1CCCCC1)(C(=O)OC1CCCCC1)C(=O)OC1CCCCC1. The van der Waals surface area contributed by atoms with Gasteiger partial charge in [0.25, 0.3) is 5.41 Å². The second-order valence-electron chi connectivity index (χ2n) is 13.2. The quantitative estimate of drug-likeness (QED) is 0.133. The molecular weight excluding hydrogens is 536 g/mol. The van der Waals surface area contributed by atoms with Crippen molar-refractivity contribution in [1.29, 1.82) is 0 Å². The van der Waals surface area contributed by atoms with Gasteiger partial charge >= 0.3 is 23.9 Å². The summed E-state index contributed by atoms with van der Waals surface area (Å²) in [5.41, 5.74) is -2.53. The Morgan fingerprint density at radius 3 is 1.14 bits per heavy atom. The summed E-state index contributed by atoms with van der Waals surface area (Å²) in [5, 5.41) is 0. The van der Waals surface area contributed by atoms with E-state index in [1.54, 1.807) is 0 Å². The normalized spacial score (nSPS) is 22.6. The summed E-state index contributed by atoms with van der Waals surface area (Å²) in [6, 6.07) is 0. The highest BCUT2D eigenvalue weighted by Gasteiger charge is 2.66. The predicted molar refractivity (Wildman–Crippen MR) is 157 cm³/mol. The fourth-order valence-electron chi connectivity index (χ4n) is 7.31. The van der Waals surface area contributed by atoms with E-state index in [0.29, 0.717) is 44.9 Å². The highest BCUT2D eigenvalue weighted by atomic mass is 16.6. The second kappa shape index (κ2) is 16.7. The number of esters is 4. The minimum atomic E-state index is -2.53. The number of unbranched alkanes of at least 4 members (excludes halogenated alkanes) is 1. The van der Waals surface area contributed by atoms with Gasteiger partial charge in [0.2, 0.25) is 0 Å². The Morgan fingerprint density at radius 1 is 0.524 bits per heavy atom. The molecule has 1 atom stereocenters. The average Bonchev–Trinajstić information content (AvgIpc) is 3.01. The van der Waals surface area contributed by atoms with Gasteiger partial charge in [-0.1, -0.05) is 45.4 Å². The molecule has 4 rings (SSSR count). The molecule has 0 bridgehead atoms. The molecule has 4 aliphatic rings. The van der Waals surface area contributed by atoms with E-state index in [2.05, 4.69) is 0 Å². The Bertz CT molecular complexity index is 797. The van der Waals surface area contributed by atoms with Crippen LogP contribution >= 0.6 is 0 Å². The van der Waals surface area contributed by atoms with Crippen LogP contribution in [0.2, 0.25) is 0 Å². The van der Waals surface area contributed by atoms with Crippen molar-refractivity contribution >= 4 is 23.9 Å². The third-order valence-electron chi connectivity index (χ3n) is 9.93. The van der Waals surface area contributed by atoms with Gasteiger partial charge in [-0.25, -0.2) is 0 Å². The molecule has 0 N–H and O–H groups in total. The zero-order chi connectivity index (χ0) is 29.8. The number of rotatable bonds is 12. The van der Waals surface area contributed by atoms with Crippen molar-refractivity contribution in [3.8, 4) is 0 Å². The maximum atomic E-state index is 14.5. The first-order chi connectivity index (χ1) is 20.4. The maximum absolute atomic E-state index is 14.5. The minimum Gasteiger partial charge on any atom is -0.462 e. The predicted octanol–water partition coefficient (Wildman–Crippen LogP) is 7.28. The van der Waals surface area contributed by atoms with Crippen molar-refractivity contribution in [2.75, 3.05) is 0 Å². The van der Waals surface area contributed by atoms with Gasteiger partial charge < -0.3 is 18.9 Å². The Morgan fingerprint density at radius 2 is 0.833 bits per heavy atom. The lowest BCUT2D eigenvalue weighted by molar-refractivity contribution is -0.203. The summed E-state index contributed by atoms with van der Waals surface area (Å²) >= 11 is 0. The molecule has 0 radical (unpaired) electrons. The molecule has 0 aromatic heterocycles. The van der Waals surface area contributed by atoms with Gasteiger partial charge in [0, 0.05) is 0 Å². The van der Waals surface area contributed by atoms with E-state index in [1.807, 2.05) is 6.92 Å². The molecule has 0 spiro atoms. The zero-order valence-electron chi connectivity index (χ0n) is 25.9. The monoisotopic (exact) mass is 590 g/mol. The van der Waals surface area contributed by atoms with Crippen LogP contribution in [0.15, 0.2) is 0 Å². The van der Waals surface area contributed by atoms with Crippen LogP contribution < -0.4 is 0 Å². The summed E-state index contributed by atoms with van der Waals surface area (Å²) in [6.45, 7) is 1.98. The van der Waals surface area contributed by atoms with Crippen LogP contribution in [-0.2, 0) is 38.1 Å². The van der Waals surface area contributed by atoms with Gasteiger partial charge in [0.05, 0.1) is 5.92 Å². The van der Waals surface area contributed by atoms with E-state index < -0.39 is 53.5 Å². The van der Waals surface area contributed by atoms with Gasteiger partial charge in [-0.2, -0.15) is 0 Å². The Balaban J connectivity index is 1.73. The summed E-state index contributed by atoms with van der Waals surface area (Å²) < 4.78 is 24.1. The summed E-state index contributed by atoms with van der Waals surface area (Å²) in [7, 11) is 0. The van der Waals surface area contributed by atoms with Gasteiger partial charge in [0.15, 0.2) is 0 Å². The highest BCUT2D eigenvalue weighted by molar-refractivity contribution is 6.20. The number of carbonyl (C=O) groups is 4. The van der Waals surface area contributed by atoms with Crippen molar-refractivity contribution in [1.82, 2.24) is 0 Å². The molecule has 8 nitrogen and oxygen atoms in total. The Labute approximate surface area is 252 Å². The summed E-state index contributed by atoms with van der Waals surface area (Å²) in [4.78, 5) is 57.5. The van der Waals surface area contributed by atoms with Crippen LogP contribution in [0.25, 0.3) is 0 Å². The molecule has 0 aromatic carbocycles. The van der Waals surface area contributed by atoms with Crippen LogP contribution in [0.4, 0.5) is 0 Å². The fourth-order valence-corrected chi connectivity index (χ4v) is 7.31. The average molecular weight is 591 g/mol. The van der Waals surface area contributed by atoms with Crippen molar-refractivity contribution in [2.24, 2.45) is 11.3 Å². The topological polar surface area (TPSA) is 105 Å². The van der Waals surface area contributed by atoms with E-state index in [4.69, 9.17) is 18.9 Å². The highest BCUT2D eigenvalue weighted by Crippen LogP contribution is 2.42. The van der Waals surface area contributed by atoms with Crippen molar-refractivity contribution in [3.63, 3.8) is 0 Å². The van der Waals surface area contributed by atoms with E-state index in [1.165, 1.54) is 0 Å². The zero-order valence-corrected chi connectivity index (χ0v) is 25.9. The molecule has 1 unspecified atom stereocenters. The number of hydrogen-bond acceptors (Lipinski definition) is 8. The molecule has 42 heavy (non-hydrogen) atoms. The minimum absolute atomic E-state index is 0.140. The molecule has 4 fully saturated rings. The molecule has 0 aliphatic heterocycles. The number of ether oxygens (including phenoxy) is 4. The van der Waals surface area contributed by atoms with E-state index in [-0.39, 0.29) is 12.5 Å². The largest absolute Gasteiger partial charge is 0.462 e. The number of carbonyl (C=O) groups excluding carboxylic acids is 4. The molecule has 0 heterocycles. The smallest absolute Gasteiger partial charge is 0.336 e. The van der Waals surface area contributed by atoms with Crippen molar-refractivity contribution in [3.05, 3.63) is 0 Å². The third kappa shape index (κ3) is 8.49. The number of hydrogen-bond donors (Lipinski definition) is 0. The lowest BCUT2D eigenvalue weighted by Gasteiger charge is -2.38. The Hall–Kier alpha value is -2.12. The van der Waals surface area contributed by atoms with E-state index in [0.717, 1.165) is 96.3 Å². The molecule has 238 valence electrons. The Kier molecular flexibility index (Phi) is 13.0. The third-order valence-corrected chi connectivity index (χ3v) is 9.93. The van der Waals surface area contributed by atoms with Crippen LogP contribution in [0.1, 0.15) is 155 Å². The first-order valence-corrected chi connectivity index (χ1v) is 17.3. The van der Waals surface area contributed by atoms with Crippen LogP contribution in [0.5, 0.6) is 0 Å². The van der Waals surface area contributed by atoms with Gasteiger partial charge in [-0.05, 0) is 109 Å². The van der Waals surface area contributed by atoms with Crippen LogP contribution in [0.3, 0.4) is 0 Å². The lowest BCUT2D eigenvalue weighted by atomic mass is 9.72. The van der Waals surface area contributed by atoms with Gasteiger partial charge in [-0.15, -0.1) is 0 Å². The van der Waals surface area contributed by atoms with Crippen molar-refractivity contribution < 1.29 is 38.1 Å². The van der Waals surface area contributed by atoms with E-state index >= 15 is 0 Å². The van der Waals surface area contributed by atoms with Gasteiger partial charge in [-0.3, -0.25) is 19.2 Å². The molecule has 4 saturated carbocycles. The molecule has 0 saturated heterocycles. The standard InChI is InChI=1S/C34H54O8/c1-2-3-24-29(30(35)39-25-16-8-4-9-17-25)34(31(36)40-26-18-10-5-11-19-26,32(37)41-27-20-12-6-13-21-27)33(38)42-28-22-14-7-15-23-28/h25-29H,2-24H2,1H3. The summed E-state index contributed by atoms with van der Waals surface area (Å²) in [6.07, 6.45) is 17.0. The van der Waals surface area contributed by atoms with Gasteiger partial charge in [0.1, 0.15) is 24.4 Å². The molecule has 0 aromatic rings. The fraction of sp³-hybridized carbons (Fsp3) is 0.882. The molecular formula is C34H54O8. The van der Waals surface area contributed by atoms with E-state index in [9.17, 15) is 19.2 Å². The first-order valence-electron chi connectivity index (χ1n) is 17.3. The molecule has 0 amide bonds. The van der Waals surface area contributed by atoms with Crippen molar-refractivity contribution in [2.45, 2.75) is 179 Å². The maximum Gasteiger partial charge on any atom is 0.336 e.